The van der Waals surface area contributed by atoms with Crippen molar-refractivity contribution in [2.24, 2.45) is 0 Å². The number of hydrogen-bond acceptors (Lipinski definition) is 0. The first-order chi connectivity index (χ1) is 72.4. The molecule has 0 aliphatic rings. The van der Waals surface area contributed by atoms with Gasteiger partial charge in [0.15, 0.2) is 69.8 Å². The summed E-state index contributed by atoms with van der Waals surface area (Å²) in [7, 11) is -2.96. The second-order valence-electron chi connectivity index (χ2n) is 46.5. The third-order valence-electron chi connectivity index (χ3n) is 33.0. The number of rotatable bonds is 106. The standard InChI is InChI=1S/C108H222NP2.C24H8BF12/c1-7-13-19-25-31-37-43-49-55-61-67-73-79-85-91-97-103-110(104-98-92-86-80-74-68-62-56-50-44-38-32-26-20-14-8-2,105-99-93-87-81-75-69-63-57-51-45-39-33-27-21-15-9-3)109-111(106-100-94-88-82-76-70-64-58-52-46-40-34-28-22-16-10-4,107-101-95-89-83-77-71-65-59-53-47-41-35-29-23-17-11-5)108-102-96-90-84-78-72-66-60-54-48-42-36-30-24-18-12-6;26-13-1-9(2-14(27)21(13)34)25(10-3-15(28)22(35)16(29)4-10,11-5-17(30)23(36)18(31)6-11)12-7-19(32)24(37)20(33)8-12/h7-108H2,1-6H3;1-8H/q+1;-1. The molecule has 4 aromatic carbocycles. The Morgan fingerprint density at radius 2 is 0.216 bits per heavy atom. The molecule has 0 bridgehead atoms. The van der Waals surface area contributed by atoms with Crippen molar-refractivity contribution in [3.05, 3.63) is 118 Å². The molecule has 0 atom stereocenters. The highest BCUT2D eigenvalue weighted by Crippen LogP contribution is 2.57. The topological polar surface area (TPSA) is 14.1 Å². The van der Waals surface area contributed by atoms with Crippen molar-refractivity contribution in [1.82, 2.24) is 4.17 Å². The number of unbranched alkanes of at least 4 members (excludes halogenated alkanes) is 90. The Bertz CT molecular complexity index is 3200. The van der Waals surface area contributed by atoms with Crippen molar-refractivity contribution in [3.63, 3.8) is 0 Å². The smallest absolute Gasteiger partial charge is 0.204 e. The number of benzene rings is 4. The molecule has 1 nitrogen and oxygen atoms in total. The van der Waals surface area contributed by atoms with Gasteiger partial charge in [-0.05, 0) is 38.5 Å². The predicted molar refractivity (Wildman–Crippen MR) is 632 cm³/mol. The molecule has 0 aromatic heterocycles. The summed E-state index contributed by atoms with van der Waals surface area (Å²) < 4.78 is 177. The van der Waals surface area contributed by atoms with Crippen LogP contribution in [-0.2, 0) is 0 Å². The summed E-state index contributed by atoms with van der Waals surface area (Å²) in [5.74, 6) is -24.0. The van der Waals surface area contributed by atoms with Crippen LogP contribution in [0.25, 0.3) is 0 Å². The molecular weight excluding hydrogens is 1900 g/mol. The minimum atomic E-state index is -4.01. The van der Waals surface area contributed by atoms with Crippen molar-refractivity contribution in [1.29, 1.82) is 0 Å². The molecule has 0 unspecified atom stereocenters. The summed E-state index contributed by atoms with van der Waals surface area (Å²) in [6, 6.07) is 1.41. The molecule has 0 aliphatic carbocycles. The molecule has 0 spiro atoms. The van der Waals surface area contributed by atoms with Gasteiger partial charge in [-0.2, -0.15) is 26.0 Å². The lowest BCUT2D eigenvalue weighted by Gasteiger charge is -2.44. The quantitative estimate of drug-likeness (QED) is 0.0104. The van der Waals surface area contributed by atoms with Crippen LogP contribution in [0.4, 0.5) is 52.7 Å². The van der Waals surface area contributed by atoms with E-state index in [-0.39, 0.29) is 48.5 Å². The Labute approximate surface area is 906 Å². The van der Waals surface area contributed by atoms with E-state index in [9.17, 15) is 52.7 Å². The van der Waals surface area contributed by atoms with E-state index in [1.807, 2.05) is 0 Å². The van der Waals surface area contributed by atoms with Crippen LogP contribution < -0.4 is 26.0 Å². The van der Waals surface area contributed by atoms with Crippen molar-refractivity contribution >= 4 is 42.1 Å². The lowest BCUT2D eigenvalue weighted by molar-refractivity contribution is 0.447. The van der Waals surface area contributed by atoms with Crippen LogP contribution in [0.5, 0.6) is 0 Å². The fraction of sp³-hybridized carbons (Fsp3) is 0.818. The molecule has 16 heteroatoms. The molecule has 0 amide bonds. The van der Waals surface area contributed by atoms with E-state index in [1.54, 1.807) is 37.0 Å². The van der Waals surface area contributed by atoms with Crippen molar-refractivity contribution < 1.29 is 52.7 Å². The van der Waals surface area contributed by atoms with E-state index in [0.717, 1.165) is 0 Å². The normalized spacial score (nSPS) is 12.0. The maximum absolute atomic E-state index is 14.4. The van der Waals surface area contributed by atoms with Gasteiger partial charge < -0.3 is 0 Å². The molecular formula is C132H230BF12NP2. The molecule has 0 saturated heterocycles. The van der Waals surface area contributed by atoms with Gasteiger partial charge in [0.1, 0.15) is 6.15 Å². The minimum Gasteiger partial charge on any atom is -0.204 e. The van der Waals surface area contributed by atoms with Crippen molar-refractivity contribution in [3.8, 4) is 0 Å². The molecule has 0 radical (unpaired) electrons. The predicted octanol–water partition coefficient (Wildman–Crippen LogP) is 46.8. The van der Waals surface area contributed by atoms with Gasteiger partial charge in [-0.25, -0.2) is 52.7 Å². The van der Waals surface area contributed by atoms with Crippen molar-refractivity contribution in [2.45, 2.75) is 658 Å². The fourth-order valence-electron chi connectivity index (χ4n) is 23.5. The molecule has 0 fully saturated rings. The van der Waals surface area contributed by atoms with Gasteiger partial charge in [0.05, 0.1) is 0 Å². The molecule has 4 aromatic rings. The van der Waals surface area contributed by atoms with E-state index >= 15 is 0 Å². The Balaban J connectivity index is 0.00000125. The number of halogens is 12. The van der Waals surface area contributed by atoms with Gasteiger partial charge in [0.25, 0.3) is 0 Å². The number of nitrogens with zero attached hydrogens (tertiary/aromatic N) is 1. The zero-order valence-electron chi connectivity index (χ0n) is 97.2. The summed E-state index contributed by atoms with van der Waals surface area (Å²) in [6.45, 7) is 14.1. The second kappa shape index (κ2) is 97.0. The first-order valence-electron chi connectivity index (χ1n) is 64.6. The highest BCUT2D eigenvalue weighted by Gasteiger charge is 2.39. The highest BCUT2D eigenvalue weighted by molar-refractivity contribution is 7.73. The van der Waals surface area contributed by atoms with Crippen molar-refractivity contribution in [2.75, 3.05) is 37.0 Å². The fourth-order valence-corrected chi connectivity index (χ4v) is 35.1. The molecule has 0 N–H and O–H groups in total. The number of hydrogen-bond donors (Lipinski definition) is 0. The Morgan fingerprint density at radius 3 is 0.304 bits per heavy atom. The first-order valence-corrected chi connectivity index (χ1v) is 69.2. The average molecular weight is 2130 g/mol. The first kappa shape index (κ1) is 139. The second-order valence-corrected chi connectivity index (χ2v) is 54.3. The molecule has 0 heterocycles. The highest BCUT2D eigenvalue weighted by atomic mass is 31.2. The van der Waals surface area contributed by atoms with Gasteiger partial charge in [0.2, 0.25) is 14.1 Å². The molecule has 148 heavy (non-hydrogen) atoms. The molecule has 860 valence electrons. The van der Waals surface area contributed by atoms with Crippen LogP contribution in [-0.4, -0.2) is 43.1 Å². The molecule has 0 aliphatic heterocycles. The van der Waals surface area contributed by atoms with Crippen LogP contribution in [0, 0.1) is 69.8 Å². The van der Waals surface area contributed by atoms with Gasteiger partial charge in [-0.1, -0.05) is 668 Å². The molecule has 4 rings (SSSR count). The van der Waals surface area contributed by atoms with E-state index < -0.39 is 112 Å². The zero-order chi connectivity index (χ0) is 107. The Hall–Kier alpha value is -3.33. The monoisotopic (exact) mass is 2130 g/mol. The van der Waals surface area contributed by atoms with Gasteiger partial charge in [-0.15, -0.1) is 0 Å². The largest absolute Gasteiger partial charge is 0.216 e. The maximum atomic E-state index is 14.4. The summed E-state index contributed by atoms with van der Waals surface area (Å²) >= 11 is 0. The zero-order valence-corrected chi connectivity index (χ0v) is 99.0. The van der Waals surface area contributed by atoms with Gasteiger partial charge in [0, 0.05) is 37.0 Å². The third-order valence-corrected chi connectivity index (χ3v) is 42.9. The summed E-state index contributed by atoms with van der Waals surface area (Å²) in [5.41, 5.74) is -3.79. The Morgan fingerprint density at radius 1 is 0.135 bits per heavy atom. The van der Waals surface area contributed by atoms with E-state index in [4.69, 9.17) is 4.17 Å². The third kappa shape index (κ3) is 68.4. The lowest BCUT2D eigenvalue weighted by Crippen LogP contribution is -2.75. The van der Waals surface area contributed by atoms with Gasteiger partial charge in [-0.3, -0.25) is 0 Å². The van der Waals surface area contributed by atoms with E-state index in [2.05, 4.69) is 41.5 Å². The van der Waals surface area contributed by atoms with Crippen LogP contribution in [0.15, 0.2) is 48.5 Å². The average Bonchev–Trinajstić information content (AvgIpc) is 0.714. The van der Waals surface area contributed by atoms with Crippen LogP contribution in [0.2, 0.25) is 0 Å². The maximum Gasteiger partial charge on any atom is 0.216 e. The van der Waals surface area contributed by atoms with Crippen LogP contribution in [0.1, 0.15) is 658 Å². The summed E-state index contributed by atoms with van der Waals surface area (Å²) in [4.78, 5) is 0. The van der Waals surface area contributed by atoms with E-state index in [0.29, 0.717) is 0 Å². The Kier molecular flexibility index (Phi) is 90.9. The summed E-state index contributed by atoms with van der Waals surface area (Å²) in [5, 5.41) is 0. The summed E-state index contributed by atoms with van der Waals surface area (Å²) in [6.07, 6.45) is 147. The minimum absolute atomic E-state index is 0.177. The van der Waals surface area contributed by atoms with E-state index in [1.165, 1.54) is 616 Å². The molecule has 0 saturated carbocycles. The van der Waals surface area contributed by atoms with Crippen LogP contribution >= 0.6 is 14.1 Å². The van der Waals surface area contributed by atoms with Gasteiger partial charge >= 0.3 is 0 Å². The SMILES string of the molecule is CCCCCCCCCCCCCCCCCCP(CCCCCCCCCCCCCCCCCC)(CCCCCCCCCCCCCCCCCC)=[N+]=P(CCCCCCCCCCCCCCCCCC)(CCCCCCCCCCCCCCCCCC)CCCCCCCCCCCCCCCCCC.Fc1cc([B-](c2cc(F)c(F)c(F)c2)(c2cc(F)c(F)c(F)c2)c2cc(F)c(F)c(F)c2)cc(F)c1F. The van der Waals surface area contributed by atoms with Crippen LogP contribution in [0.3, 0.4) is 0 Å². The lowest BCUT2D eigenvalue weighted by atomic mass is 9.13.